The average molecular weight is 953 g/mol. The number of carbonyl (C=O) groups excluding carboxylic acids is 3. The van der Waals surface area contributed by atoms with Crippen LogP contribution in [0.4, 0.5) is 0 Å². The summed E-state index contributed by atoms with van der Waals surface area (Å²) in [4.78, 5) is 37.0. The normalized spacial score (nSPS) is 12.7. The van der Waals surface area contributed by atoms with Gasteiger partial charge in [0.25, 0.3) is 0 Å². The van der Waals surface area contributed by atoms with Crippen LogP contribution in [-0.4, -0.2) is 82.3 Å². The first-order chi connectivity index (χ1) is 32.6. The molecule has 0 saturated carbocycles. The Morgan fingerprint density at radius 2 is 0.672 bits per heavy atom. The number of carboxylic acids is 1. The zero-order valence-corrected chi connectivity index (χ0v) is 45.3. The largest absolute Gasteiger partial charge is 0.545 e. The maximum Gasteiger partial charge on any atom is 0.306 e. The highest BCUT2D eigenvalue weighted by molar-refractivity contribution is 5.70. The number of carboxylic acid groups (broad SMARTS) is 1. The van der Waals surface area contributed by atoms with E-state index in [1.807, 2.05) is 21.1 Å². The number of ether oxygens (including phenoxy) is 4. The number of hydrogen-bond donors (Lipinski definition) is 0. The summed E-state index contributed by atoms with van der Waals surface area (Å²) in [6, 6.07) is 0. The number of aliphatic carboxylic acids is 1. The molecular weight excluding hydrogens is 839 g/mol. The van der Waals surface area contributed by atoms with Gasteiger partial charge in [0.2, 0.25) is 0 Å². The predicted octanol–water partition coefficient (Wildman–Crippen LogP) is 15.5. The maximum absolute atomic E-state index is 12.8. The molecule has 0 aliphatic heterocycles. The zero-order chi connectivity index (χ0) is 49.2. The molecule has 2 atom stereocenters. The van der Waals surface area contributed by atoms with E-state index in [0.717, 1.165) is 38.5 Å². The van der Waals surface area contributed by atoms with E-state index in [2.05, 4.69) is 13.8 Å². The number of esters is 2. The van der Waals surface area contributed by atoms with Gasteiger partial charge in [0.05, 0.1) is 40.3 Å². The second kappa shape index (κ2) is 50.7. The summed E-state index contributed by atoms with van der Waals surface area (Å²) in [5, 5.41) is 11.7. The summed E-state index contributed by atoms with van der Waals surface area (Å²) in [6.07, 6.45) is 53.5. The van der Waals surface area contributed by atoms with Crippen molar-refractivity contribution >= 4 is 17.9 Å². The highest BCUT2D eigenvalue weighted by Crippen LogP contribution is 2.18. The molecule has 0 aromatic carbocycles. The highest BCUT2D eigenvalue weighted by atomic mass is 16.7. The van der Waals surface area contributed by atoms with Gasteiger partial charge >= 0.3 is 11.9 Å². The lowest BCUT2D eigenvalue weighted by Gasteiger charge is -2.26. The number of rotatable bonds is 55. The molecule has 0 aliphatic carbocycles. The third kappa shape index (κ3) is 52.0. The molecule has 9 nitrogen and oxygen atoms in total. The van der Waals surface area contributed by atoms with Crippen LogP contribution in [0.5, 0.6) is 0 Å². The zero-order valence-electron chi connectivity index (χ0n) is 45.3. The van der Waals surface area contributed by atoms with Gasteiger partial charge in [-0.25, -0.2) is 0 Å². The molecule has 0 N–H and O–H groups in total. The Hall–Kier alpha value is -1.71. The maximum atomic E-state index is 12.8. The van der Waals surface area contributed by atoms with E-state index < -0.39 is 24.3 Å². The minimum absolute atomic E-state index is 0.153. The summed E-state index contributed by atoms with van der Waals surface area (Å²) in [5.74, 6) is -2.27. The molecular formula is C58H113NO8. The van der Waals surface area contributed by atoms with Crippen molar-refractivity contribution in [2.75, 3.05) is 47.5 Å². The van der Waals surface area contributed by atoms with E-state index in [9.17, 15) is 19.5 Å². The molecule has 0 fully saturated rings. The third-order valence-corrected chi connectivity index (χ3v) is 13.4. The summed E-state index contributed by atoms with van der Waals surface area (Å²) >= 11 is 0. The van der Waals surface area contributed by atoms with Crippen LogP contribution in [0.2, 0.25) is 0 Å². The molecule has 0 aliphatic rings. The molecule has 0 saturated heterocycles. The predicted molar refractivity (Wildman–Crippen MR) is 279 cm³/mol. The van der Waals surface area contributed by atoms with Gasteiger partial charge in [-0.05, 0) is 12.8 Å². The van der Waals surface area contributed by atoms with Crippen LogP contribution in [-0.2, 0) is 33.3 Å². The Bertz CT molecular complexity index is 1060. The third-order valence-electron chi connectivity index (χ3n) is 13.4. The van der Waals surface area contributed by atoms with Crippen LogP contribution in [0, 0.1) is 0 Å². The summed E-state index contributed by atoms with van der Waals surface area (Å²) in [6.45, 7) is 4.76. The summed E-state index contributed by atoms with van der Waals surface area (Å²) in [5.41, 5.74) is 0. The molecule has 398 valence electrons. The van der Waals surface area contributed by atoms with Crippen molar-refractivity contribution in [1.29, 1.82) is 0 Å². The standard InChI is InChI=1S/C58H113NO8/c1-6-8-10-12-14-16-17-18-19-20-21-22-23-24-25-26-27-28-29-30-31-32-33-34-35-36-37-38-39-40-41-43-45-47-49-56(61)67-54(53-66-58(57(62)63)64-51-50-59(3,4)5)52-65-55(60)48-46-44-42-15-13-11-9-7-2/h54,58H,6-53H2,1-5H3. The lowest BCUT2D eigenvalue weighted by atomic mass is 10.0. The number of unbranched alkanes of at least 4 members (excludes halogenated alkanes) is 40. The molecule has 0 amide bonds. The average Bonchev–Trinajstić information content (AvgIpc) is 3.29. The minimum Gasteiger partial charge on any atom is -0.545 e. The molecule has 0 aromatic rings. The Labute approximate surface area is 415 Å². The Balaban J connectivity index is 3.88. The molecule has 0 bridgehead atoms. The fraction of sp³-hybridized carbons (Fsp3) is 0.948. The van der Waals surface area contributed by atoms with Crippen LogP contribution in [0.15, 0.2) is 0 Å². The first-order valence-corrected chi connectivity index (χ1v) is 29.2. The molecule has 0 aromatic heterocycles. The quantitative estimate of drug-likeness (QED) is 0.0256. The van der Waals surface area contributed by atoms with Gasteiger partial charge in [-0.15, -0.1) is 0 Å². The smallest absolute Gasteiger partial charge is 0.306 e. The van der Waals surface area contributed by atoms with Crippen molar-refractivity contribution in [3.8, 4) is 0 Å². The lowest BCUT2D eigenvalue weighted by Crippen LogP contribution is -2.44. The topological polar surface area (TPSA) is 111 Å². The van der Waals surface area contributed by atoms with Crippen LogP contribution in [0.25, 0.3) is 0 Å². The van der Waals surface area contributed by atoms with Gasteiger partial charge in [-0.3, -0.25) is 9.59 Å². The van der Waals surface area contributed by atoms with Gasteiger partial charge < -0.3 is 33.3 Å². The van der Waals surface area contributed by atoms with E-state index >= 15 is 0 Å². The molecule has 0 rings (SSSR count). The highest BCUT2D eigenvalue weighted by Gasteiger charge is 2.22. The Kier molecular flexibility index (Phi) is 49.4. The fourth-order valence-electron chi connectivity index (χ4n) is 8.83. The lowest BCUT2D eigenvalue weighted by molar-refractivity contribution is -0.870. The molecule has 2 unspecified atom stereocenters. The molecule has 67 heavy (non-hydrogen) atoms. The Morgan fingerprint density at radius 3 is 0.955 bits per heavy atom. The second-order valence-corrected chi connectivity index (χ2v) is 21.3. The van der Waals surface area contributed by atoms with Crippen molar-refractivity contribution in [3.05, 3.63) is 0 Å². The van der Waals surface area contributed by atoms with E-state index in [1.165, 1.54) is 231 Å². The van der Waals surface area contributed by atoms with Crippen molar-refractivity contribution in [1.82, 2.24) is 0 Å². The first-order valence-electron chi connectivity index (χ1n) is 29.2. The van der Waals surface area contributed by atoms with E-state index in [-0.39, 0.29) is 32.2 Å². The molecule has 0 heterocycles. The summed E-state index contributed by atoms with van der Waals surface area (Å²) in [7, 11) is 5.92. The second-order valence-electron chi connectivity index (χ2n) is 21.3. The first kappa shape index (κ1) is 65.3. The van der Waals surface area contributed by atoms with Crippen LogP contribution in [0.1, 0.15) is 296 Å². The van der Waals surface area contributed by atoms with Gasteiger partial charge in [0.1, 0.15) is 13.2 Å². The van der Waals surface area contributed by atoms with Gasteiger partial charge in [-0.1, -0.05) is 271 Å². The number of hydrogen-bond acceptors (Lipinski definition) is 8. The monoisotopic (exact) mass is 952 g/mol. The van der Waals surface area contributed by atoms with Crippen molar-refractivity contribution in [2.45, 2.75) is 309 Å². The van der Waals surface area contributed by atoms with Gasteiger partial charge in [-0.2, -0.15) is 0 Å². The number of carbonyl (C=O) groups is 3. The minimum atomic E-state index is -1.61. The molecule has 0 radical (unpaired) electrons. The van der Waals surface area contributed by atoms with Crippen LogP contribution < -0.4 is 5.11 Å². The van der Waals surface area contributed by atoms with Gasteiger partial charge in [0.15, 0.2) is 12.4 Å². The number of likely N-dealkylation sites (N-methyl/N-ethyl adjacent to an activating group) is 1. The van der Waals surface area contributed by atoms with E-state index in [0.29, 0.717) is 17.4 Å². The van der Waals surface area contributed by atoms with Crippen molar-refractivity contribution < 1.29 is 42.9 Å². The van der Waals surface area contributed by atoms with E-state index in [4.69, 9.17) is 18.9 Å². The Morgan fingerprint density at radius 1 is 0.388 bits per heavy atom. The number of quaternary nitrogens is 1. The molecule has 9 heteroatoms. The van der Waals surface area contributed by atoms with Crippen molar-refractivity contribution in [3.63, 3.8) is 0 Å². The fourth-order valence-corrected chi connectivity index (χ4v) is 8.83. The van der Waals surface area contributed by atoms with Crippen molar-refractivity contribution in [2.24, 2.45) is 0 Å². The molecule has 0 spiro atoms. The van der Waals surface area contributed by atoms with E-state index in [1.54, 1.807) is 0 Å². The van der Waals surface area contributed by atoms with Gasteiger partial charge in [0, 0.05) is 12.8 Å². The van der Waals surface area contributed by atoms with Crippen LogP contribution in [0.3, 0.4) is 0 Å². The SMILES string of the molecule is CCCCCCCCCCCCCCCCCCCCCCCCCCCCCCCCCCCCC(=O)OC(COC(=O)CCCCCCCCCC)COC(OCC[N+](C)(C)C)C(=O)[O-]. The summed E-state index contributed by atoms with van der Waals surface area (Å²) < 4.78 is 22.6. The van der Waals surface area contributed by atoms with Crippen LogP contribution >= 0.6 is 0 Å². The number of nitrogens with zero attached hydrogens (tertiary/aromatic N) is 1.